The van der Waals surface area contributed by atoms with Gasteiger partial charge in [0, 0.05) is 5.39 Å². The molecule has 0 saturated heterocycles. The first-order valence-electron chi connectivity index (χ1n) is 10.4. The first kappa shape index (κ1) is 20.6. The number of para-hydroxylation sites is 2. The quantitative estimate of drug-likeness (QED) is 0.467. The second-order valence-corrected chi connectivity index (χ2v) is 7.87. The number of ether oxygens (including phenoxy) is 1. The van der Waals surface area contributed by atoms with E-state index in [9.17, 15) is 4.79 Å². The largest absolute Gasteiger partial charge is 0.481 e. The Morgan fingerprint density at radius 1 is 1.03 bits per heavy atom. The summed E-state index contributed by atoms with van der Waals surface area (Å²) in [5.41, 5.74) is 4.22. The zero-order valence-electron chi connectivity index (χ0n) is 18.2. The highest BCUT2D eigenvalue weighted by Crippen LogP contribution is 2.27. The minimum Gasteiger partial charge on any atom is -0.481 e. The Labute approximate surface area is 181 Å². The van der Waals surface area contributed by atoms with Crippen molar-refractivity contribution >= 4 is 22.6 Å². The van der Waals surface area contributed by atoms with E-state index in [1.807, 2.05) is 72.3 Å². The van der Waals surface area contributed by atoms with Gasteiger partial charge in [-0.15, -0.1) is 0 Å². The molecule has 2 heterocycles. The number of carbonyl (C=O) groups excluding carboxylic acids is 1. The molecule has 158 valence electrons. The predicted octanol–water partition coefficient (Wildman–Crippen LogP) is 5.26. The lowest BCUT2D eigenvalue weighted by Gasteiger charge is -2.18. The zero-order valence-corrected chi connectivity index (χ0v) is 18.2. The van der Waals surface area contributed by atoms with Crippen LogP contribution in [0.3, 0.4) is 0 Å². The fourth-order valence-electron chi connectivity index (χ4n) is 3.51. The number of pyridine rings is 1. The average molecular weight is 415 g/mol. The molecular formula is C25H26N4O2. The van der Waals surface area contributed by atoms with E-state index in [1.165, 1.54) is 0 Å². The van der Waals surface area contributed by atoms with Crippen molar-refractivity contribution in [1.29, 1.82) is 0 Å². The summed E-state index contributed by atoms with van der Waals surface area (Å²) in [7, 11) is 0. The number of aromatic nitrogens is 3. The molecule has 6 heteroatoms. The number of rotatable bonds is 6. The molecule has 0 bridgehead atoms. The van der Waals surface area contributed by atoms with Gasteiger partial charge in [-0.3, -0.25) is 4.79 Å². The van der Waals surface area contributed by atoms with Gasteiger partial charge in [-0.05, 0) is 49.6 Å². The Balaban J connectivity index is 1.53. The predicted molar refractivity (Wildman–Crippen MR) is 123 cm³/mol. The topological polar surface area (TPSA) is 69.0 Å². The van der Waals surface area contributed by atoms with E-state index in [-0.39, 0.29) is 5.91 Å². The third-order valence-electron chi connectivity index (χ3n) is 5.19. The molecule has 31 heavy (non-hydrogen) atoms. The Hall–Kier alpha value is -3.67. The van der Waals surface area contributed by atoms with E-state index in [1.54, 1.807) is 13.1 Å². The van der Waals surface area contributed by atoms with Crippen LogP contribution in [0.1, 0.15) is 37.9 Å². The molecule has 0 fully saturated rings. The minimum absolute atomic E-state index is 0.229. The summed E-state index contributed by atoms with van der Waals surface area (Å²) in [6, 6.07) is 19.6. The number of anilines is 1. The number of carbonyl (C=O) groups is 1. The average Bonchev–Trinajstić information content (AvgIpc) is 3.10. The van der Waals surface area contributed by atoms with Gasteiger partial charge in [0.1, 0.15) is 5.75 Å². The zero-order chi connectivity index (χ0) is 22.0. The molecule has 0 spiro atoms. The maximum atomic E-state index is 12.8. The lowest BCUT2D eigenvalue weighted by molar-refractivity contribution is -0.122. The summed E-state index contributed by atoms with van der Waals surface area (Å²) >= 11 is 0. The Morgan fingerprint density at radius 3 is 2.48 bits per heavy atom. The number of hydrogen-bond acceptors (Lipinski definition) is 4. The molecule has 0 saturated carbocycles. The van der Waals surface area contributed by atoms with Gasteiger partial charge in [0.25, 0.3) is 5.91 Å². The van der Waals surface area contributed by atoms with Gasteiger partial charge in [-0.1, -0.05) is 50.2 Å². The van der Waals surface area contributed by atoms with Gasteiger partial charge in [0.15, 0.2) is 11.8 Å². The first-order valence-corrected chi connectivity index (χ1v) is 10.4. The molecule has 2 aromatic heterocycles. The van der Waals surface area contributed by atoms with Gasteiger partial charge in [-0.25, -0.2) is 9.67 Å². The van der Waals surface area contributed by atoms with E-state index in [4.69, 9.17) is 4.74 Å². The van der Waals surface area contributed by atoms with Crippen molar-refractivity contribution in [2.75, 3.05) is 5.32 Å². The summed E-state index contributed by atoms with van der Waals surface area (Å²) in [4.78, 5) is 17.3. The summed E-state index contributed by atoms with van der Waals surface area (Å²) in [5.74, 6) is 0.809. The van der Waals surface area contributed by atoms with Crippen molar-refractivity contribution in [3.05, 3.63) is 78.1 Å². The minimum atomic E-state index is -0.649. The first-order chi connectivity index (χ1) is 14.9. The van der Waals surface area contributed by atoms with E-state index in [0.717, 1.165) is 33.7 Å². The number of nitrogens with zero attached hydrogens (tertiary/aromatic N) is 3. The number of aryl methyl sites for hydroxylation is 1. The van der Waals surface area contributed by atoms with Gasteiger partial charge in [0.2, 0.25) is 0 Å². The van der Waals surface area contributed by atoms with Crippen molar-refractivity contribution in [3.63, 3.8) is 0 Å². The monoisotopic (exact) mass is 414 g/mol. The van der Waals surface area contributed by atoms with Crippen molar-refractivity contribution in [3.8, 4) is 11.4 Å². The highest BCUT2D eigenvalue weighted by molar-refractivity contribution is 5.96. The van der Waals surface area contributed by atoms with Crippen molar-refractivity contribution in [2.45, 2.75) is 39.7 Å². The Bertz CT molecular complexity index is 1210. The van der Waals surface area contributed by atoms with Crippen LogP contribution in [0.5, 0.6) is 5.75 Å². The SMILES string of the molecule is Cc1nn(-c2ccccc2)c2ncc(NC(=O)C(C)Oc3ccccc3C(C)C)cc12. The summed E-state index contributed by atoms with van der Waals surface area (Å²) in [6.45, 7) is 7.89. The van der Waals surface area contributed by atoms with Crippen LogP contribution in [-0.4, -0.2) is 26.8 Å². The summed E-state index contributed by atoms with van der Waals surface area (Å²) in [5, 5.41) is 8.42. The lowest BCUT2D eigenvalue weighted by atomic mass is 10.0. The highest BCUT2D eigenvalue weighted by Gasteiger charge is 2.18. The molecule has 0 radical (unpaired) electrons. The molecular weight excluding hydrogens is 388 g/mol. The normalized spacial score (nSPS) is 12.2. The molecule has 0 aliphatic heterocycles. The fraction of sp³-hybridized carbons (Fsp3) is 0.240. The fourth-order valence-corrected chi connectivity index (χ4v) is 3.51. The van der Waals surface area contributed by atoms with Crippen molar-refractivity contribution in [1.82, 2.24) is 14.8 Å². The van der Waals surface area contributed by atoms with Crippen LogP contribution in [0.15, 0.2) is 66.9 Å². The summed E-state index contributed by atoms with van der Waals surface area (Å²) < 4.78 is 7.78. The number of fused-ring (bicyclic) bond motifs is 1. The van der Waals surface area contributed by atoms with Crippen LogP contribution in [0.2, 0.25) is 0 Å². The molecule has 0 aliphatic rings. The van der Waals surface area contributed by atoms with Crippen molar-refractivity contribution in [2.24, 2.45) is 0 Å². The Morgan fingerprint density at radius 2 is 1.74 bits per heavy atom. The van der Waals surface area contributed by atoms with Crippen LogP contribution < -0.4 is 10.1 Å². The van der Waals surface area contributed by atoms with Crippen LogP contribution >= 0.6 is 0 Å². The molecule has 2 aromatic carbocycles. The summed E-state index contributed by atoms with van der Waals surface area (Å²) in [6.07, 6.45) is 0.999. The number of nitrogens with one attached hydrogen (secondary N) is 1. The molecule has 1 amide bonds. The maximum Gasteiger partial charge on any atom is 0.265 e. The Kier molecular flexibility index (Phi) is 5.71. The van der Waals surface area contributed by atoms with Gasteiger partial charge >= 0.3 is 0 Å². The molecule has 4 rings (SSSR count). The third-order valence-corrected chi connectivity index (χ3v) is 5.19. The van der Waals surface area contributed by atoms with Crippen LogP contribution in [0, 0.1) is 6.92 Å². The van der Waals surface area contributed by atoms with Crippen LogP contribution in [-0.2, 0) is 4.79 Å². The molecule has 6 nitrogen and oxygen atoms in total. The molecule has 0 aliphatic carbocycles. The second-order valence-electron chi connectivity index (χ2n) is 7.87. The standard InChI is InChI=1S/C25H26N4O2/c1-16(2)21-12-8-9-13-23(21)31-18(4)25(30)27-19-14-22-17(3)28-29(24(22)26-15-19)20-10-6-5-7-11-20/h5-16,18H,1-4H3,(H,27,30). The number of amides is 1. The third kappa shape index (κ3) is 4.28. The second kappa shape index (κ2) is 8.60. The van der Waals surface area contributed by atoms with E-state index in [2.05, 4.69) is 29.2 Å². The molecule has 1 unspecified atom stereocenters. The number of benzene rings is 2. The van der Waals surface area contributed by atoms with Crippen LogP contribution in [0.25, 0.3) is 16.7 Å². The lowest BCUT2D eigenvalue weighted by Crippen LogP contribution is -2.30. The van der Waals surface area contributed by atoms with Gasteiger partial charge in [0.05, 0.1) is 23.3 Å². The van der Waals surface area contributed by atoms with E-state index in [0.29, 0.717) is 11.6 Å². The number of hydrogen-bond donors (Lipinski definition) is 1. The maximum absolute atomic E-state index is 12.8. The van der Waals surface area contributed by atoms with Crippen LogP contribution in [0.4, 0.5) is 5.69 Å². The van der Waals surface area contributed by atoms with E-state index < -0.39 is 6.10 Å². The molecule has 4 aromatic rings. The highest BCUT2D eigenvalue weighted by atomic mass is 16.5. The molecule has 1 atom stereocenters. The van der Waals surface area contributed by atoms with Gasteiger partial charge in [-0.2, -0.15) is 5.10 Å². The van der Waals surface area contributed by atoms with Gasteiger partial charge < -0.3 is 10.1 Å². The molecule has 1 N–H and O–H groups in total. The van der Waals surface area contributed by atoms with E-state index >= 15 is 0 Å². The smallest absolute Gasteiger partial charge is 0.265 e. The van der Waals surface area contributed by atoms with Crippen molar-refractivity contribution < 1.29 is 9.53 Å².